The van der Waals surface area contributed by atoms with Crippen LogP contribution in [0.2, 0.25) is 0 Å². The number of amides is 1. The lowest BCUT2D eigenvalue weighted by molar-refractivity contribution is -0.113. The van der Waals surface area contributed by atoms with Crippen molar-refractivity contribution in [3.8, 4) is 5.19 Å². The van der Waals surface area contributed by atoms with Crippen LogP contribution < -0.4 is 10.1 Å². The van der Waals surface area contributed by atoms with E-state index in [2.05, 4.69) is 38.1 Å². The number of anilines is 1. The van der Waals surface area contributed by atoms with Crippen molar-refractivity contribution < 1.29 is 9.53 Å². The van der Waals surface area contributed by atoms with Crippen molar-refractivity contribution in [3.05, 3.63) is 27.8 Å². The summed E-state index contributed by atoms with van der Waals surface area (Å²) in [5.74, 6) is 0.227. The number of nitrogens with one attached hydrogen (secondary N) is 1. The highest BCUT2D eigenvalue weighted by Gasteiger charge is 2.10. The molecule has 8 heteroatoms. The van der Waals surface area contributed by atoms with Crippen molar-refractivity contribution >= 4 is 57.3 Å². The van der Waals surface area contributed by atoms with E-state index in [0.717, 1.165) is 13.6 Å². The molecule has 0 spiro atoms. The lowest BCUT2D eigenvalue weighted by Gasteiger charge is -2.04. The number of aromatic nitrogens is 2. The highest BCUT2D eigenvalue weighted by Crippen LogP contribution is 2.27. The molecule has 0 fully saturated rings. The molecule has 0 aliphatic heterocycles. The predicted octanol–water partition coefficient (Wildman–Crippen LogP) is 3.66. The molecule has 2 rings (SSSR count). The quantitative estimate of drug-likeness (QED) is 0.554. The van der Waals surface area contributed by atoms with E-state index in [9.17, 15) is 4.79 Å². The Morgan fingerprint density at radius 1 is 1.48 bits per heavy atom. The summed E-state index contributed by atoms with van der Waals surface area (Å²) in [5, 5.41) is 11.3. The molecule has 1 amide bonds. The van der Waals surface area contributed by atoms with Crippen LogP contribution >= 0.6 is 45.7 Å². The summed E-state index contributed by atoms with van der Waals surface area (Å²) in [5.41, 5.74) is 0.800. The van der Waals surface area contributed by atoms with E-state index in [1.54, 1.807) is 0 Å². The molecule has 112 valence electrons. The number of carbonyl (C=O) groups excluding carboxylic acids is 1. The van der Waals surface area contributed by atoms with Gasteiger partial charge in [-0.2, -0.15) is 0 Å². The topological polar surface area (TPSA) is 64.1 Å². The minimum Gasteiger partial charge on any atom is -0.466 e. The normalized spacial score (nSPS) is 10.7. The van der Waals surface area contributed by atoms with Gasteiger partial charge >= 0.3 is 0 Å². The zero-order valence-electron chi connectivity index (χ0n) is 11.5. The molecule has 0 aliphatic carbocycles. The summed E-state index contributed by atoms with van der Waals surface area (Å²) in [4.78, 5) is 11.9. The fourth-order valence-corrected chi connectivity index (χ4v) is 3.54. The number of hydrogen-bond acceptors (Lipinski definition) is 6. The van der Waals surface area contributed by atoms with Gasteiger partial charge in [-0.25, -0.2) is 0 Å². The molecule has 1 heterocycles. The maximum Gasteiger partial charge on any atom is 0.295 e. The molecular formula is C13H14IN3O2S2. The molecule has 2 aromatic rings. The summed E-state index contributed by atoms with van der Waals surface area (Å²) in [6, 6.07) is 7.67. The third-order valence-electron chi connectivity index (χ3n) is 2.16. The Balaban J connectivity index is 1.82. The number of nitrogens with zero attached hydrogens (tertiary/aromatic N) is 2. The van der Waals surface area contributed by atoms with Crippen LogP contribution in [0, 0.1) is 3.57 Å². The summed E-state index contributed by atoms with van der Waals surface area (Å²) >= 11 is 4.91. The number of hydrogen-bond donors (Lipinski definition) is 1. The number of thioether (sulfide) groups is 1. The van der Waals surface area contributed by atoms with E-state index < -0.39 is 0 Å². The molecular weight excluding hydrogens is 421 g/mol. The standard InChI is InChI=1S/C13H14IN3O2S2/c1-8(2)19-12-16-17-13(21-12)20-7-11(18)15-10-5-3-4-9(14)6-10/h3-6,8H,7H2,1-2H3,(H,15,18). The molecule has 21 heavy (non-hydrogen) atoms. The van der Waals surface area contributed by atoms with Gasteiger partial charge < -0.3 is 10.1 Å². The molecule has 5 nitrogen and oxygen atoms in total. The van der Waals surface area contributed by atoms with Crippen molar-refractivity contribution in [1.29, 1.82) is 0 Å². The second-order valence-corrected chi connectivity index (χ2v) is 7.76. The summed E-state index contributed by atoms with van der Waals surface area (Å²) in [6.45, 7) is 3.87. The summed E-state index contributed by atoms with van der Waals surface area (Å²) in [7, 11) is 0. The predicted molar refractivity (Wildman–Crippen MR) is 94.2 cm³/mol. The fraction of sp³-hybridized carbons (Fsp3) is 0.308. The second-order valence-electron chi connectivity index (χ2n) is 4.35. The van der Waals surface area contributed by atoms with Crippen molar-refractivity contribution in [2.24, 2.45) is 0 Å². The fourth-order valence-electron chi connectivity index (χ4n) is 1.40. The van der Waals surface area contributed by atoms with E-state index >= 15 is 0 Å². The van der Waals surface area contributed by atoms with Gasteiger partial charge in [-0.1, -0.05) is 22.9 Å². The Labute approximate surface area is 145 Å². The first-order chi connectivity index (χ1) is 10.0. The minimum atomic E-state index is -0.0662. The van der Waals surface area contributed by atoms with Gasteiger partial charge in [0.05, 0.1) is 11.9 Å². The summed E-state index contributed by atoms with van der Waals surface area (Å²) in [6.07, 6.45) is 0.0691. The van der Waals surface area contributed by atoms with E-state index in [0.29, 0.717) is 10.9 Å². The highest BCUT2D eigenvalue weighted by atomic mass is 127. The van der Waals surface area contributed by atoms with Gasteiger partial charge in [0.1, 0.15) is 0 Å². The van der Waals surface area contributed by atoms with Gasteiger partial charge in [0.15, 0.2) is 4.34 Å². The molecule has 0 saturated carbocycles. The third kappa shape index (κ3) is 5.79. The Bertz CT molecular complexity index is 619. The van der Waals surface area contributed by atoms with E-state index in [1.165, 1.54) is 23.1 Å². The first-order valence-corrected chi connectivity index (χ1v) is 9.09. The van der Waals surface area contributed by atoms with Crippen LogP contribution in [-0.2, 0) is 4.79 Å². The Kier molecular flexibility index (Phi) is 6.24. The second kappa shape index (κ2) is 7.95. The van der Waals surface area contributed by atoms with Gasteiger partial charge in [0, 0.05) is 9.26 Å². The first kappa shape index (κ1) is 16.5. The number of rotatable bonds is 6. The lowest BCUT2D eigenvalue weighted by atomic mass is 10.3. The SMILES string of the molecule is CC(C)Oc1nnc(SCC(=O)Nc2cccc(I)c2)s1. The van der Waals surface area contributed by atoms with Gasteiger partial charge in [0.2, 0.25) is 5.91 Å². The molecule has 0 bridgehead atoms. The largest absolute Gasteiger partial charge is 0.466 e. The van der Waals surface area contributed by atoms with Crippen LogP contribution in [0.15, 0.2) is 28.6 Å². The van der Waals surface area contributed by atoms with Crippen LogP contribution in [0.25, 0.3) is 0 Å². The van der Waals surface area contributed by atoms with E-state index in [-0.39, 0.29) is 12.0 Å². The average Bonchev–Trinajstić information content (AvgIpc) is 2.83. The van der Waals surface area contributed by atoms with Crippen LogP contribution in [0.5, 0.6) is 5.19 Å². The van der Waals surface area contributed by atoms with E-state index in [4.69, 9.17) is 4.74 Å². The minimum absolute atomic E-state index is 0.0662. The maximum absolute atomic E-state index is 11.9. The van der Waals surface area contributed by atoms with Crippen molar-refractivity contribution in [3.63, 3.8) is 0 Å². The Hall–Kier alpha value is -0.870. The maximum atomic E-state index is 11.9. The summed E-state index contributed by atoms with van der Waals surface area (Å²) < 4.78 is 7.25. The van der Waals surface area contributed by atoms with Crippen LogP contribution in [0.3, 0.4) is 0 Å². The molecule has 1 aromatic carbocycles. The van der Waals surface area contributed by atoms with Crippen molar-refractivity contribution in [1.82, 2.24) is 10.2 Å². The zero-order chi connectivity index (χ0) is 15.2. The van der Waals surface area contributed by atoms with Gasteiger partial charge in [-0.05, 0) is 66.0 Å². The Morgan fingerprint density at radius 3 is 3.00 bits per heavy atom. The van der Waals surface area contributed by atoms with Crippen molar-refractivity contribution in [2.45, 2.75) is 24.3 Å². The van der Waals surface area contributed by atoms with Gasteiger partial charge in [0.25, 0.3) is 5.19 Å². The first-order valence-electron chi connectivity index (χ1n) is 6.21. The number of ether oxygens (including phenoxy) is 1. The number of halogens is 1. The van der Waals surface area contributed by atoms with E-state index in [1.807, 2.05) is 38.1 Å². The lowest BCUT2D eigenvalue weighted by Crippen LogP contribution is -2.13. The van der Waals surface area contributed by atoms with Crippen molar-refractivity contribution in [2.75, 3.05) is 11.1 Å². The zero-order valence-corrected chi connectivity index (χ0v) is 15.3. The number of benzene rings is 1. The average molecular weight is 435 g/mol. The molecule has 1 aromatic heterocycles. The Morgan fingerprint density at radius 2 is 2.29 bits per heavy atom. The number of carbonyl (C=O) groups is 1. The van der Waals surface area contributed by atoms with Crippen LogP contribution in [0.4, 0.5) is 5.69 Å². The van der Waals surface area contributed by atoms with Crippen LogP contribution in [0.1, 0.15) is 13.8 Å². The molecule has 0 atom stereocenters. The highest BCUT2D eigenvalue weighted by molar-refractivity contribution is 14.1. The molecule has 0 unspecified atom stereocenters. The molecule has 1 N–H and O–H groups in total. The molecule has 0 radical (unpaired) electrons. The van der Waals surface area contributed by atoms with Gasteiger partial charge in [-0.3, -0.25) is 4.79 Å². The molecule has 0 saturated heterocycles. The smallest absolute Gasteiger partial charge is 0.295 e. The van der Waals surface area contributed by atoms with Gasteiger partial charge in [-0.15, -0.1) is 5.10 Å². The third-order valence-corrected chi connectivity index (χ3v) is 4.78. The molecule has 0 aliphatic rings. The monoisotopic (exact) mass is 435 g/mol. The van der Waals surface area contributed by atoms with Crippen LogP contribution in [-0.4, -0.2) is 28.0 Å².